The number of rotatable bonds is 14. The fourth-order valence-corrected chi connectivity index (χ4v) is 4.36. The molecule has 14 heteroatoms. The summed E-state index contributed by atoms with van der Waals surface area (Å²) in [5.74, 6) is -5.54. The number of hydrogen-bond acceptors (Lipinski definition) is 8. The standard InChI is InChI=1S/C27H31N5O8S/c28-18(9-14-5-7-16(33)8-6-14)24(36)30-20(10-15-12-29-19-4-2-1-3-17(15)19)25(37)32-22(13-41)26(38)31-21(27(39)40)11-23(34)35/h1-8,12,18,20-22,29,33,41H,9-11,13,28H2,(H,30,36)(H,31,38)(H,32,37)(H,34,35)(H,39,40). The molecule has 1 aromatic heterocycles. The van der Waals surface area contributed by atoms with Crippen molar-refractivity contribution in [1.29, 1.82) is 0 Å². The predicted molar refractivity (Wildman–Crippen MR) is 151 cm³/mol. The van der Waals surface area contributed by atoms with Crippen LogP contribution in [0.2, 0.25) is 0 Å². The third-order valence-electron chi connectivity index (χ3n) is 6.27. The number of H-pyrrole nitrogens is 1. The minimum absolute atomic E-state index is 0.0190. The molecule has 3 aromatic rings. The Balaban J connectivity index is 1.78. The number of aromatic hydroxyl groups is 1. The number of hydrogen-bond donors (Lipinski definition) is 9. The van der Waals surface area contributed by atoms with E-state index in [0.29, 0.717) is 11.1 Å². The number of amides is 3. The number of fused-ring (bicyclic) bond motifs is 1. The van der Waals surface area contributed by atoms with Crippen molar-refractivity contribution in [1.82, 2.24) is 20.9 Å². The molecule has 4 unspecified atom stereocenters. The van der Waals surface area contributed by atoms with E-state index >= 15 is 0 Å². The summed E-state index contributed by atoms with van der Waals surface area (Å²) in [6.07, 6.45) is 0.965. The smallest absolute Gasteiger partial charge is 0.326 e. The lowest BCUT2D eigenvalue weighted by atomic mass is 10.0. The second kappa shape index (κ2) is 14.2. The first-order valence-corrected chi connectivity index (χ1v) is 13.2. The van der Waals surface area contributed by atoms with Gasteiger partial charge in [-0.05, 0) is 35.7 Å². The number of carbonyl (C=O) groups excluding carboxylic acids is 3. The van der Waals surface area contributed by atoms with Crippen LogP contribution in [0.15, 0.2) is 54.7 Å². The molecular weight excluding hydrogens is 554 g/mol. The Morgan fingerprint density at radius 2 is 1.44 bits per heavy atom. The van der Waals surface area contributed by atoms with Gasteiger partial charge in [-0.3, -0.25) is 19.2 Å². The van der Waals surface area contributed by atoms with Crippen LogP contribution < -0.4 is 21.7 Å². The first kappa shape index (κ1) is 31.0. The van der Waals surface area contributed by atoms with Crippen molar-refractivity contribution in [2.75, 3.05) is 5.75 Å². The number of aliphatic carboxylic acids is 2. The number of thiol groups is 1. The van der Waals surface area contributed by atoms with Crippen LogP contribution in [0.3, 0.4) is 0 Å². The average Bonchev–Trinajstić information content (AvgIpc) is 3.34. The number of carboxylic acids is 2. The highest BCUT2D eigenvalue weighted by Crippen LogP contribution is 2.19. The molecule has 218 valence electrons. The molecule has 41 heavy (non-hydrogen) atoms. The highest BCUT2D eigenvalue weighted by Gasteiger charge is 2.31. The van der Waals surface area contributed by atoms with Crippen molar-refractivity contribution in [3.05, 3.63) is 65.9 Å². The van der Waals surface area contributed by atoms with Gasteiger partial charge < -0.3 is 42.0 Å². The third-order valence-corrected chi connectivity index (χ3v) is 6.63. The largest absolute Gasteiger partial charge is 0.508 e. The number of nitrogens with one attached hydrogen (secondary N) is 4. The minimum Gasteiger partial charge on any atom is -0.508 e. The lowest BCUT2D eigenvalue weighted by molar-refractivity contribution is -0.147. The number of para-hydroxylation sites is 1. The van der Waals surface area contributed by atoms with Gasteiger partial charge in [0.2, 0.25) is 17.7 Å². The summed E-state index contributed by atoms with van der Waals surface area (Å²) in [4.78, 5) is 64.6. The number of phenols is 1. The van der Waals surface area contributed by atoms with Crippen LogP contribution in [-0.2, 0) is 36.8 Å². The molecule has 3 amide bonds. The highest BCUT2D eigenvalue weighted by atomic mass is 32.1. The van der Waals surface area contributed by atoms with Gasteiger partial charge in [0, 0.05) is 29.3 Å². The van der Waals surface area contributed by atoms with Crippen molar-refractivity contribution >= 4 is 53.2 Å². The maximum absolute atomic E-state index is 13.4. The van der Waals surface area contributed by atoms with Gasteiger partial charge in [-0.15, -0.1) is 0 Å². The molecule has 0 saturated heterocycles. The lowest BCUT2D eigenvalue weighted by Crippen LogP contribution is -2.58. The zero-order chi connectivity index (χ0) is 30.1. The van der Waals surface area contributed by atoms with Crippen molar-refractivity contribution in [2.45, 2.75) is 43.4 Å². The monoisotopic (exact) mass is 585 g/mol. The van der Waals surface area contributed by atoms with Crippen LogP contribution in [0, 0.1) is 0 Å². The molecule has 4 atom stereocenters. The predicted octanol–water partition coefficient (Wildman–Crippen LogP) is -0.0705. The van der Waals surface area contributed by atoms with E-state index in [2.05, 4.69) is 33.6 Å². The summed E-state index contributed by atoms with van der Waals surface area (Å²) in [6, 6.07) is 8.18. The molecule has 13 nitrogen and oxygen atoms in total. The van der Waals surface area contributed by atoms with Gasteiger partial charge in [-0.2, -0.15) is 12.6 Å². The Hall–Kier alpha value is -4.56. The molecule has 1 heterocycles. The summed E-state index contributed by atoms with van der Waals surface area (Å²) >= 11 is 4.08. The quantitative estimate of drug-likeness (QED) is 0.115. The summed E-state index contributed by atoms with van der Waals surface area (Å²) in [7, 11) is 0. The van der Waals surface area contributed by atoms with Crippen molar-refractivity contribution in [3.8, 4) is 5.75 Å². The molecule has 0 saturated carbocycles. The van der Waals surface area contributed by atoms with Gasteiger partial charge >= 0.3 is 11.9 Å². The molecule has 3 rings (SSSR count). The van der Waals surface area contributed by atoms with Crippen LogP contribution in [0.5, 0.6) is 5.75 Å². The summed E-state index contributed by atoms with van der Waals surface area (Å²) in [5, 5.41) is 35.6. The normalized spacial score (nSPS) is 13.9. The second-order valence-electron chi connectivity index (χ2n) is 9.34. The SMILES string of the molecule is NC(Cc1ccc(O)cc1)C(=O)NC(Cc1c[nH]c2ccccc12)C(=O)NC(CS)C(=O)NC(CC(=O)O)C(=O)O. The fraction of sp³-hybridized carbons (Fsp3) is 0.296. The Labute approximate surface area is 239 Å². The van der Waals surface area contributed by atoms with E-state index in [4.69, 9.17) is 10.8 Å². The Morgan fingerprint density at radius 1 is 0.829 bits per heavy atom. The van der Waals surface area contributed by atoms with Gasteiger partial charge in [0.15, 0.2) is 0 Å². The van der Waals surface area contributed by atoms with E-state index in [-0.39, 0.29) is 24.3 Å². The van der Waals surface area contributed by atoms with Crippen LogP contribution >= 0.6 is 12.6 Å². The fourth-order valence-electron chi connectivity index (χ4n) is 4.10. The van der Waals surface area contributed by atoms with Crippen molar-refractivity contribution in [3.63, 3.8) is 0 Å². The number of nitrogens with two attached hydrogens (primary N) is 1. The first-order valence-electron chi connectivity index (χ1n) is 12.5. The molecule has 0 aliphatic rings. The van der Waals surface area contributed by atoms with E-state index in [9.17, 15) is 34.2 Å². The summed E-state index contributed by atoms with van der Waals surface area (Å²) in [5.41, 5.74) is 8.30. The van der Waals surface area contributed by atoms with Crippen molar-refractivity contribution in [2.24, 2.45) is 5.73 Å². The van der Waals surface area contributed by atoms with E-state index in [0.717, 1.165) is 10.9 Å². The molecule has 9 N–H and O–H groups in total. The highest BCUT2D eigenvalue weighted by molar-refractivity contribution is 7.80. The Bertz CT molecular complexity index is 1410. The maximum atomic E-state index is 13.4. The van der Waals surface area contributed by atoms with Crippen LogP contribution in [0.1, 0.15) is 17.5 Å². The molecular formula is C27H31N5O8S. The van der Waals surface area contributed by atoms with Crippen LogP contribution in [0.4, 0.5) is 0 Å². The molecule has 0 radical (unpaired) electrons. The summed E-state index contributed by atoms with van der Waals surface area (Å²) in [6.45, 7) is 0. The van der Waals surface area contributed by atoms with Gasteiger partial charge in [0.05, 0.1) is 12.5 Å². The Kier molecular flexibility index (Phi) is 10.7. The number of aromatic nitrogens is 1. The van der Waals surface area contributed by atoms with E-state index in [1.165, 1.54) is 12.1 Å². The summed E-state index contributed by atoms with van der Waals surface area (Å²) < 4.78 is 0. The molecule has 0 fully saturated rings. The second-order valence-corrected chi connectivity index (χ2v) is 9.71. The molecule has 0 aliphatic heterocycles. The number of benzene rings is 2. The van der Waals surface area contributed by atoms with E-state index in [1.54, 1.807) is 18.3 Å². The van der Waals surface area contributed by atoms with E-state index < -0.39 is 60.2 Å². The molecule has 0 aliphatic carbocycles. The molecule has 2 aromatic carbocycles. The first-order chi connectivity index (χ1) is 19.5. The van der Waals surface area contributed by atoms with Gasteiger partial charge in [0.1, 0.15) is 23.9 Å². The van der Waals surface area contributed by atoms with Crippen molar-refractivity contribution < 1.29 is 39.3 Å². The number of carbonyl (C=O) groups is 5. The van der Waals surface area contributed by atoms with Gasteiger partial charge in [-0.25, -0.2) is 4.79 Å². The number of aromatic amines is 1. The third kappa shape index (κ3) is 8.71. The average molecular weight is 586 g/mol. The van der Waals surface area contributed by atoms with Crippen LogP contribution in [-0.4, -0.2) is 79.9 Å². The van der Waals surface area contributed by atoms with Gasteiger partial charge in [-0.1, -0.05) is 30.3 Å². The zero-order valence-corrected chi connectivity index (χ0v) is 22.6. The molecule has 0 spiro atoms. The number of carboxylic acid groups (broad SMARTS) is 2. The Morgan fingerprint density at radius 3 is 2.07 bits per heavy atom. The van der Waals surface area contributed by atoms with E-state index in [1.807, 2.05) is 24.3 Å². The lowest BCUT2D eigenvalue weighted by Gasteiger charge is -2.24. The zero-order valence-electron chi connectivity index (χ0n) is 21.7. The topological polar surface area (TPSA) is 224 Å². The van der Waals surface area contributed by atoms with Gasteiger partial charge in [0.25, 0.3) is 0 Å². The van der Waals surface area contributed by atoms with Crippen LogP contribution in [0.25, 0.3) is 10.9 Å². The number of phenolic OH excluding ortho intramolecular Hbond substituents is 1. The minimum atomic E-state index is -1.72. The molecule has 0 bridgehead atoms. The maximum Gasteiger partial charge on any atom is 0.326 e.